The number of hydrogen-bond donors (Lipinski definition) is 1. The summed E-state index contributed by atoms with van der Waals surface area (Å²) in [7, 11) is 0. The molecule has 1 N–H and O–H groups in total. The Kier molecular flexibility index (Phi) is 3.71. The van der Waals surface area contributed by atoms with Crippen LogP contribution in [0.3, 0.4) is 0 Å². The fourth-order valence-corrected chi connectivity index (χ4v) is 3.98. The Bertz CT molecular complexity index is 593. The Morgan fingerprint density at radius 2 is 2.33 bits per heavy atom. The summed E-state index contributed by atoms with van der Waals surface area (Å²) < 4.78 is 0. The molecule has 2 fully saturated rings. The Balaban J connectivity index is 1.55. The standard InChI is InChI=1S/C16H20N4S/c1-2-13(8-17-5-1)14-9-18-6-7-20(14)10-15-16(12-3-4-12)19-11-21-15/h1-2,5,8,11-12,14,18H,3-4,6-7,9-10H2. The highest BCUT2D eigenvalue weighted by atomic mass is 32.1. The summed E-state index contributed by atoms with van der Waals surface area (Å²) in [4.78, 5) is 12.9. The minimum absolute atomic E-state index is 0.418. The van der Waals surface area contributed by atoms with Crippen LogP contribution in [-0.2, 0) is 6.54 Å². The molecule has 0 radical (unpaired) electrons. The molecule has 0 spiro atoms. The van der Waals surface area contributed by atoms with Gasteiger partial charge in [-0.2, -0.15) is 0 Å². The van der Waals surface area contributed by atoms with E-state index in [1.807, 2.05) is 35.3 Å². The first kappa shape index (κ1) is 13.4. The molecule has 21 heavy (non-hydrogen) atoms. The zero-order valence-corrected chi connectivity index (χ0v) is 12.9. The van der Waals surface area contributed by atoms with Gasteiger partial charge >= 0.3 is 0 Å². The van der Waals surface area contributed by atoms with Gasteiger partial charge in [0, 0.05) is 55.4 Å². The van der Waals surface area contributed by atoms with Gasteiger partial charge in [0.15, 0.2) is 0 Å². The van der Waals surface area contributed by atoms with Crippen molar-refractivity contribution < 1.29 is 0 Å². The van der Waals surface area contributed by atoms with Crippen molar-refractivity contribution in [2.24, 2.45) is 0 Å². The molecular formula is C16H20N4S. The Morgan fingerprint density at radius 1 is 1.38 bits per heavy atom. The lowest BCUT2D eigenvalue weighted by molar-refractivity contribution is 0.154. The predicted octanol–water partition coefficient (Wildman–Crippen LogP) is 2.56. The van der Waals surface area contributed by atoms with E-state index in [0.717, 1.165) is 32.1 Å². The molecule has 2 aromatic rings. The van der Waals surface area contributed by atoms with E-state index in [1.165, 1.54) is 29.0 Å². The molecule has 0 bridgehead atoms. The van der Waals surface area contributed by atoms with Gasteiger partial charge in [-0.15, -0.1) is 11.3 Å². The van der Waals surface area contributed by atoms with Crippen LogP contribution in [0.4, 0.5) is 0 Å². The van der Waals surface area contributed by atoms with E-state index in [0.29, 0.717) is 6.04 Å². The molecule has 4 nitrogen and oxygen atoms in total. The molecule has 1 saturated heterocycles. The summed E-state index contributed by atoms with van der Waals surface area (Å²) in [5.41, 5.74) is 4.69. The summed E-state index contributed by atoms with van der Waals surface area (Å²) in [6.45, 7) is 4.18. The molecule has 2 aromatic heterocycles. The van der Waals surface area contributed by atoms with Crippen LogP contribution in [-0.4, -0.2) is 34.5 Å². The summed E-state index contributed by atoms with van der Waals surface area (Å²) in [6.07, 6.45) is 6.49. The van der Waals surface area contributed by atoms with Gasteiger partial charge in [-0.25, -0.2) is 4.98 Å². The van der Waals surface area contributed by atoms with E-state index < -0.39 is 0 Å². The van der Waals surface area contributed by atoms with Crippen molar-refractivity contribution in [1.29, 1.82) is 0 Å². The van der Waals surface area contributed by atoms with Gasteiger partial charge in [0.2, 0.25) is 0 Å². The second-order valence-corrected chi connectivity index (χ2v) is 6.85. The largest absolute Gasteiger partial charge is 0.314 e. The second kappa shape index (κ2) is 5.83. The predicted molar refractivity (Wildman–Crippen MR) is 84.3 cm³/mol. The van der Waals surface area contributed by atoms with Gasteiger partial charge in [0.05, 0.1) is 11.2 Å². The first-order valence-corrected chi connectivity index (χ1v) is 8.57. The maximum absolute atomic E-state index is 4.61. The molecule has 0 aromatic carbocycles. The number of rotatable bonds is 4. The Morgan fingerprint density at radius 3 is 3.14 bits per heavy atom. The minimum atomic E-state index is 0.418. The van der Waals surface area contributed by atoms with Crippen LogP contribution in [0.2, 0.25) is 0 Å². The lowest BCUT2D eigenvalue weighted by Gasteiger charge is -2.36. The van der Waals surface area contributed by atoms with Gasteiger partial charge in [0.1, 0.15) is 0 Å². The number of aromatic nitrogens is 2. The van der Waals surface area contributed by atoms with Crippen molar-refractivity contribution in [2.75, 3.05) is 19.6 Å². The molecule has 1 aliphatic heterocycles. The lowest BCUT2D eigenvalue weighted by Crippen LogP contribution is -2.45. The third-order valence-electron chi connectivity index (χ3n) is 4.41. The van der Waals surface area contributed by atoms with Crippen LogP contribution >= 0.6 is 11.3 Å². The van der Waals surface area contributed by atoms with E-state index in [-0.39, 0.29) is 0 Å². The van der Waals surface area contributed by atoms with Crippen molar-refractivity contribution in [1.82, 2.24) is 20.2 Å². The van der Waals surface area contributed by atoms with Crippen LogP contribution < -0.4 is 5.32 Å². The van der Waals surface area contributed by atoms with E-state index in [2.05, 4.69) is 26.3 Å². The van der Waals surface area contributed by atoms with Crippen LogP contribution in [0.15, 0.2) is 30.0 Å². The van der Waals surface area contributed by atoms with Gasteiger partial charge in [-0.05, 0) is 24.5 Å². The zero-order chi connectivity index (χ0) is 14.1. The fraction of sp³-hybridized carbons (Fsp3) is 0.500. The normalized spacial score (nSPS) is 23.3. The maximum Gasteiger partial charge on any atom is 0.0798 e. The van der Waals surface area contributed by atoms with Crippen molar-refractivity contribution >= 4 is 11.3 Å². The van der Waals surface area contributed by atoms with E-state index >= 15 is 0 Å². The van der Waals surface area contributed by atoms with Crippen LogP contribution in [0.5, 0.6) is 0 Å². The number of thiazole rings is 1. The average Bonchev–Trinajstić information content (AvgIpc) is 3.29. The van der Waals surface area contributed by atoms with Gasteiger partial charge < -0.3 is 5.32 Å². The first-order chi connectivity index (χ1) is 10.4. The van der Waals surface area contributed by atoms with Crippen LogP contribution in [0.1, 0.15) is 40.9 Å². The first-order valence-electron chi connectivity index (χ1n) is 7.69. The highest BCUT2D eigenvalue weighted by molar-refractivity contribution is 7.09. The van der Waals surface area contributed by atoms with Crippen molar-refractivity contribution in [2.45, 2.75) is 31.3 Å². The third-order valence-corrected chi connectivity index (χ3v) is 5.24. The molecular weight excluding hydrogens is 280 g/mol. The second-order valence-electron chi connectivity index (χ2n) is 5.91. The Labute approximate surface area is 129 Å². The summed E-state index contributed by atoms with van der Waals surface area (Å²) >= 11 is 1.82. The average molecular weight is 300 g/mol. The van der Waals surface area contributed by atoms with E-state index in [4.69, 9.17) is 0 Å². The molecule has 4 rings (SSSR count). The quantitative estimate of drug-likeness (QED) is 0.942. The topological polar surface area (TPSA) is 41.1 Å². The number of nitrogens with one attached hydrogen (secondary N) is 1. The van der Waals surface area contributed by atoms with Gasteiger partial charge in [-0.1, -0.05) is 6.07 Å². The summed E-state index contributed by atoms with van der Waals surface area (Å²) in [5.74, 6) is 0.742. The zero-order valence-electron chi connectivity index (χ0n) is 12.0. The number of pyridine rings is 1. The van der Waals surface area contributed by atoms with E-state index in [9.17, 15) is 0 Å². The summed E-state index contributed by atoms with van der Waals surface area (Å²) in [5, 5.41) is 3.51. The highest BCUT2D eigenvalue weighted by Crippen LogP contribution is 2.42. The third kappa shape index (κ3) is 2.86. The molecule has 1 atom stereocenters. The van der Waals surface area contributed by atoms with Crippen LogP contribution in [0, 0.1) is 0 Å². The fourth-order valence-electron chi connectivity index (χ4n) is 3.11. The van der Waals surface area contributed by atoms with E-state index in [1.54, 1.807) is 0 Å². The molecule has 1 aliphatic carbocycles. The number of piperazine rings is 1. The SMILES string of the molecule is c1cncc(C2CNCCN2Cc2scnc2C2CC2)c1. The monoisotopic (exact) mass is 300 g/mol. The number of hydrogen-bond acceptors (Lipinski definition) is 5. The lowest BCUT2D eigenvalue weighted by atomic mass is 10.0. The van der Waals surface area contributed by atoms with Crippen molar-refractivity contribution in [3.63, 3.8) is 0 Å². The van der Waals surface area contributed by atoms with Gasteiger partial charge in [-0.3, -0.25) is 9.88 Å². The molecule has 110 valence electrons. The highest BCUT2D eigenvalue weighted by Gasteiger charge is 2.30. The van der Waals surface area contributed by atoms with Crippen molar-refractivity contribution in [3.05, 3.63) is 46.2 Å². The Hall–Kier alpha value is -1.30. The molecule has 3 heterocycles. The molecule has 1 saturated carbocycles. The number of nitrogens with zero attached hydrogens (tertiary/aromatic N) is 3. The molecule has 5 heteroatoms. The van der Waals surface area contributed by atoms with Gasteiger partial charge in [0.25, 0.3) is 0 Å². The molecule has 1 unspecified atom stereocenters. The smallest absolute Gasteiger partial charge is 0.0798 e. The van der Waals surface area contributed by atoms with Crippen molar-refractivity contribution in [3.8, 4) is 0 Å². The maximum atomic E-state index is 4.61. The summed E-state index contributed by atoms with van der Waals surface area (Å²) in [6, 6.07) is 4.64. The van der Waals surface area contributed by atoms with Crippen LogP contribution in [0.25, 0.3) is 0 Å². The minimum Gasteiger partial charge on any atom is -0.314 e. The molecule has 2 aliphatic rings. The molecule has 0 amide bonds.